The van der Waals surface area contributed by atoms with Crippen LogP contribution in [0.1, 0.15) is 12.6 Å². The highest BCUT2D eigenvalue weighted by Crippen LogP contribution is 2.27. The summed E-state index contributed by atoms with van der Waals surface area (Å²) in [5.41, 5.74) is 4.80. The number of rotatable bonds is 3. The van der Waals surface area contributed by atoms with Crippen LogP contribution in [-0.2, 0) is 6.54 Å². The van der Waals surface area contributed by atoms with Crippen LogP contribution < -0.4 is 5.32 Å². The number of aromatic amines is 1. The molecule has 98 valence electrons. The van der Waals surface area contributed by atoms with E-state index in [4.69, 9.17) is 0 Å². The van der Waals surface area contributed by atoms with Crippen LogP contribution in [0.2, 0.25) is 0 Å². The molecule has 3 rings (SSSR count). The van der Waals surface area contributed by atoms with Crippen LogP contribution in [0.5, 0.6) is 0 Å². The standard InChI is InChI=1S/C13H16N6/c1-4-19-12-5-10(13-11(14-3)7-16-17-13)15-6-9(12)8(2)18-19/h5-7,14H,4H2,1-3H3,(H,16,17). The van der Waals surface area contributed by atoms with E-state index in [-0.39, 0.29) is 0 Å². The summed E-state index contributed by atoms with van der Waals surface area (Å²) in [6.45, 7) is 4.93. The van der Waals surface area contributed by atoms with Crippen molar-refractivity contribution in [3.8, 4) is 11.4 Å². The summed E-state index contributed by atoms with van der Waals surface area (Å²) >= 11 is 0. The molecule has 3 aromatic heterocycles. The fourth-order valence-corrected chi connectivity index (χ4v) is 2.27. The van der Waals surface area contributed by atoms with Crippen LogP contribution in [-0.4, -0.2) is 32.0 Å². The van der Waals surface area contributed by atoms with E-state index >= 15 is 0 Å². The largest absolute Gasteiger partial charge is 0.385 e. The summed E-state index contributed by atoms with van der Waals surface area (Å²) < 4.78 is 1.99. The number of pyridine rings is 1. The van der Waals surface area contributed by atoms with E-state index in [0.29, 0.717) is 0 Å². The molecule has 0 aromatic carbocycles. The number of nitrogens with one attached hydrogen (secondary N) is 2. The second kappa shape index (κ2) is 4.38. The highest BCUT2D eigenvalue weighted by atomic mass is 15.3. The van der Waals surface area contributed by atoms with Crippen LogP contribution >= 0.6 is 0 Å². The summed E-state index contributed by atoms with van der Waals surface area (Å²) in [5.74, 6) is 0. The molecule has 0 spiro atoms. The normalized spacial score (nSPS) is 11.1. The molecule has 0 aliphatic heterocycles. The first-order valence-electron chi connectivity index (χ1n) is 6.29. The molecule has 2 N–H and O–H groups in total. The lowest BCUT2D eigenvalue weighted by atomic mass is 10.2. The van der Waals surface area contributed by atoms with Crippen molar-refractivity contribution in [2.75, 3.05) is 12.4 Å². The Morgan fingerprint density at radius 3 is 2.95 bits per heavy atom. The van der Waals surface area contributed by atoms with E-state index in [0.717, 1.165) is 40.2 Å². The highest BCUT2D eigenvalue weighted by molar-refractivity contribution is 5.85. The van der Waals surface area contributed by atoms with Crippen molar-refractivity contribution < 1.29 is 0 Å². The number of hydrogen-bond acceptors (Lipinski definition) is 4. The zero-order valence-corrected chi connectivity index (χ0v) is 11.2. The molecule has 6 heteroatoms. The van der Waals surface area contributed by atoms with Gasteiger partial charge in [0, 0.05) is 25.2 Å². The van der Waals surface area contributed by atoms with Crippen molar-refractivity contribution in [3.63, 3.8) is 0 Å². The molecule has 0 unspecified atom stereocenters. The number of aromatic nitrogens is 5. The van der Waals surface area contributed by atoms with Gasteiger partial charge < -0.3 is 5.32 Å². The summed E-state index contributed by atoms with van der Waals surface area (Å²) in [6, 6.07) is 2.05. The van der Waals surface area contributed by atoms with Gasteiger partial charge in [-0.05, 0) is 19.9 Å². The Kier molecular flexibility index (Phi) is 2.70. The lowest BCUT2D eigenvalue weighted by Gasteiger charge is -2.03. The van der Waals surface area contributed by atoms with Gasteiger partial charge in [-0.25, -0.2) is 0 Å². The quantitative estimate of drug-likeness (QED) is 0.753. The van der Waals surface area contributed by atoms with E-state index in [9.17, 15) is 0 Å². The van der Waals surface area contributed by atoms with E-state index < -0.39 is 0 Å². The van der Waals surface area contributed by atoms with Gasteiger partial charge in [0.05, 0.1) is 28.8 Å². The maximum Gasteiger partial charge on any atom is 0.107 e. The predicted octanol–water partition coefficient (Wildman–Crippen LogP) is 2.19. The van der Waals surface area contributed by atoms with Crippen LogP contribution in [0.4, 0.5) is 5.69 Å². The third-order valence-corrected chi connectivity index (χ3v) is 3.29. The maximum absolute atomic E-state index is 4.51. The first kappa shape index (κ1) is 11.7. The van der Waals surface area contributed by atoms with Gasteiger partial charge >= 0.3 is 0 Å². The van der Waals surface area contributed by atoms with Crippen LogP contribution in [0, 0.1) is 6.92 Å². The average Bonchev–Trinajstić information content (AvgIpc) is 3.03. The molecular formula is C13H16N6. The number of H-pyrrole nitrogens is 1. The van der Waals surface area contributed by atoms with Crippen LogP contribution in [0.3, 0.4) is 0 Å². The van der Waals surface area contributed by atoms with Crippen LogP contribution in [0.15, 0.2) is 18.5 Å². The lowest BCUT2D eigenvalue weighted by molar-refractivity contribution is 0.676. The minimum Gasteiger partial charge on any atom is -0.385 e. The number of hydrogen-bond donors (Lipinski definition) is 2. The number of aryl methyl sites for hydroxylation is 2. The Hall–Kier alpha value is -2.37. The molecule has 0 aliphatic rings. The first-order chi connectivity index (χ1) is 9.24. The fourth-order valence-electron chi connectivity index (χ4n) is 2.27. The SMILES string of the molecule is CCn1nc(C)c2cnc(-c3[nH]ncc3NC)cc21. The molecule has 0 aliphatic carbocycles. The maximum atomic E-state index is 4.51. The van der Waals surface area contributed by atoms with Gasteiger partial charge in [-0.15, -0.1) is 0 Å². The van der Waals surface area contributed by atoms with Gasteiger partial charge in [0.2, 0.25) is 0 Å². The second-order valence-corrected chi connectivity index (χ2v) is 4.40. The van der Waals surface area contributed by atoms with E-state index in [1.54, 1.807) is 6.20 Å². The Morgan fingerprint density at radius 1 is 1.37 bits per heavy atom. The number of fused-ring (bicyclic) bond motifs is 1. The van der Waals surface area contributed by atoms with Gasteiger partial charge in [-0.2, -0.15) is 10.2 Å². The van der Waals surface area contributed by atoms with Gasteiger partial charge in [0.15, 0.2) is 0 Å². The van der Waals surface area contributed by atoms with Crippen molar-refractivity contribution >= 4 is 16.6 Å². The monoisotopic (exact) mass is 256 g/mol. The Bertz CT molecular complexity index is 724. The number of nitrogens with zero attached hydrogens (tertiary/aromatic N) is 4. The molecule has 0 saturated heterocycles. The van der Waals surface area contributed by atoms with Crippen LogP contribution in [0.25, 0.3) is 22.3 Å². The predicted molar refractivity (Wildman–Crippen MR) is 75.1 cm³/mol. The molecule has 0 bridgehead atoms. The average molecular weight is 256 g/mol. The molecule has 0 atom stereocenters. The molecular weight excluding hydrogens is 240 g/mol. The van der Waals surface area contributed by atoms with E-state index in [1.165, 1.54) is 0 Å². The molecule has 6 nitrogen and oxygen atoms in total. The van der Waals surface area contributed by atoms with Gasteiger partial charge in [-0.3, -0.25) is 14.8 Å². The van der Waals surface area contributed by atoms with E-state index in [2.05, 4.69) is 32.5 Å². The smallest absolute Gasteiger partial charge is 0.107 e. The summed E-state index contributed by atoms with van der Waals surface area (Å²) in [7, 11) is 1.87. The summed E-state index contributed by atoms with van der Waals surface area (Å²) in [4.78, 5) is 4.50. The molecule has 0 amide bonds. The van der Waals surface area contributed by atoms with Crippen molar-refractivity contribution in [2.45, 2.75) is 20.4 Å². The molecule has 0 fully saturated rings. The highest BCUT2D eigenvalue weighted by Gasteiger charge is 2.12. The Labute approximate surface area is 110 Å². The van der Waals surface area contributed by atoms with Crippen molar-refractivity contribution in [1.82, 2.24) is 25.0 Å². The second-order valence-electron chi connectivity index (χ2n) is 4.40. The molecule has 3 heterocycles. The Morgan fingerprint density at radius 2 is 2.21 bits per heavy atom. The summed E-state index contributed by atoms with van der Waals surface area (Å²) in [6.07, 6.45) is 3.63. The zero-order chi connectivity index (χ0) is 13.4. The molecule has 19 heavy (non-hydrogen) atoms. The lowest BCUT2D eigenvalue weighted by Crippen LogP contribution is -1.97. The topological polar surface area (TPSA) is 71.4 Å². The molecule has 3 aromatic rings. The minimum absolute atomic E-state index is 0.843. The van der Waals surface area contributed by atoms with Crippen molar-refractivity contribution in [1.29, 1.82) is 0 Å². The van der Waals surface area contributed by atoms with Gasteiger partial charge in [0.25, 0.3) is 0 Å². The zero-order valence-electron chi connectivity index (χ0n) is 11.2. The van der Waals surface area contributed by atoms with Gasteiger partial charge in [-0.1, -0.05) is 0 Å². The van der Waals surface area contributed by atoms with Gasteiger partial charge in [0.1, 0.15) is 5.69 Å². The first-order valence-corrected chi connectivity index (χ1v) is 6.29. The third-order valence-electron chi connectivity index (χ3n) is 3.29. The molecule has 0 saturated carbocycles. The van der Waals surface area contributed by atoms with Crippen molar-refractivity contribution in [2.24, 2.45) is 0 Å². The fraction of sp³-hybridized carbons (Fsp3) is 0.308. The summed E-state index contributed by atoms with van der Waals surface area (Å²) in [5, 5.41) is 15.7. The third kappa shape index (κ3) is 1.76. The minimum atomic E-state index is 0.843. The van der Waals surface area contributed by atoms with E-state index in [1.807, 2.05) is 30.9 Å². The van der Waals surface area contributed by atoms with Crippen molar-refractivity contribution in [3.05, 3.63) is 24.2 Å². The molecule has 0 radical (unpaired) electrons. The Balaban J connectivity index is 2.21. The number of anilines is 1.